The second-order valence-electron chi connectivity index (χ2n) is 7.01. The van der Waals surface area contributed by atoms with Gasteiger partial charge in [-0.05, 0) is 63.7 Å². The van der Waals surface area contributed by atoms with Crippen molar-refractivity contribution in [3.63, 3.8) is 0 Å². The normalized spacial score (nSPS) is 17.1. The van der Waals surface area contributed by atoms with Gasteiger partial charge in [0.15, 0.2) is 5.96 Å². The number of nitrogens with zero attached hydrogens (tertiary/aromatic N) is 1. The quantitative estimate of drug-likeness (QED) is 0.328. The molecule has 3 N–H and O–H groups in total. The standard InChI is InChI=1S/C19H37N3O/c1-4-20-19(21-12-10-17-8-6-5-7-9-17)22-15-18(11-13-23)14-16(2)3/h8,16,18,23H,4-7,9-15H2,1-3H3,(H2,20,21,22). The molecule has 0 heterocycles. The maximum Gasteiger partial charge on any atom is 0.191 e. The molecule has 1 unspecified atom stereocenters. The summed E-state index contributed by atoms with van der Waals surface area (Å²) in [6.45, 7) is 9.43. The van der Waals surface area contributed by atoms with E-state index in [0.29, 0.717) is 11.8 Å². The van der Waals surface area contributed by atoms with E-state index in [4.69, 9.17) is 4.99 Å². The Morgan fingerprint density at radius 2 is 2.13 bits per heavy atom. The van der Waals surface area contributed by atoms with Crippen LogP contribution in [-0.2, 0) is 0 Å². The first kappa shape index (κ1) is 20.0. The van der Waals surface area contributed by atoms with Gasteiger partial charge < -0.3 is 15.7 Å². The monoisotopic (exact) mass is 323 g/mol. The maximum absolute atomic E-state index is 9.22. The summed E-state index contributed by atoms with van der Waals surface area (Å²) in [5, 5.41) is 16.0. The molecule has 1 aliphatic rings. The highest BCUT2D eigenvalue weighted by Crippen LogP contribution is 2.19. The minimum Gasteiger partial charge on any atom is -0.396 e. The molecule has 0 radical (unpaired) electrons. The molecular weight excluding hydrogens is 286 g/mol. The summed E-state index contributed by atoms with van der Waals surface area (Å²) in [5.41, 5.74) is 1.59. The molecule has 1 aliphatic carbocycles. The van der Waals surface area contributed by atoms with Gasteiger partial charge in [-0.25, -0.2) is 0 Å². The Bertz CT molecular complexity index is 364. The number of allylic oxidation sites excluding steroid dienone is 1. The molecule has 0 saturated carbocycles. The van der Waals surface area contributed by atoms with Crippen LogP contribution >= 0.6 is 0 Å². The van der Waals surface area contributed by atoms with E-state index in [1.807, 2.05) is 0 Å². The first-order valence-corrected chi connectivity index (χ1v) is 9.46. The molecule has 1 rings (SSSR count). The molecule has 0 amide bonds. The Hall–Kier alpha value is -1.03. The van der Waals surface area contributed by atoms with E-state index in [0.717, 1.165) is 44.9 Å². The summed E-state index contributed by atoms with van der Waals surface area (Å²) in [6, 6.07) is 0. The highest BCUT2D eigenvalue weighted by atomic mass is 16.3. The topological polar surface area (TPSA) is 56.7 Å². The van der Waals surface area contributed by atoms with Crippen LogP contribution in [0.2, 0.25) is 0 Å². The third-order valence-corrected chi connectivity index (χ3v) is 4.32. The summed E-state index contributed by atoms with van der Waals surface area (Å²) < 4.78 is 0. The number of aliphatic imine (C=N–C) groups is 1. The van der Waals surface area contributed by atoms with Crippen LogP contribution in [0.15, 0.2) is 16.6 Å². The fourth-order valence-electron chi connectivity index (χ4n) is 3.17. The lowest BCUT2D eigenvalue weighted by molar-refractivity contribution is 0.245. The fourth-order valence-corrected chi connectivity index (χ4v) is 3.17. The molecule has 134 valence electrons. The maximum atomic E-state index is 9.22. The van der Waals surface area contributed by atoms with E-state index in [1.54, 1.807) is 5.57 Å². The molecule has 0 aromatic carbocycles. The van der Waals surface area contributed by atoms with E-state index in [2.05, 4.69) is 37.5 Å². The van der Waals surface area contributed by atoms with Crippen LogP contribution in [0.3, 0.4) is 0 Å². The lowest BCUT2D eigenvalue weighted by Gasteiger charge is -2.18. The average molecular weight is 324 g/mol. The predicted octanol–water partition coefficient (Wildman–Crippen LogP) is 3.48. The van der Waals surface area contributed by atoms with Gasteiger partial charge in [-0.15, -0.1) is 0 Å². The fraction of sp³-hybridized carbons (Fsp3) is 0.842. The zero-order valence-corrected chi connectivity index (χ0v) is 15.4. The van der Waals surface area contributed by atoms with Crippen LogP contribution in [0.25, 0.3) is 0 Å². The number of aliphatic hydroxyl groups is 1. The predicted molar refractivity (Wildman–Crippen MR) is 99.8 cm³/mol. The Morgan fingerprint density at radius 3 is 2.74 bits per heavy atom. The molecule has 23 heavy (non-hydrogen) atoms. The summed E-state index contributed by atoms with van der Waals surface area (Å²) >= 11 is 0. The highest BCUT2D eigenvalue weighted by Gasteiger charge is 2.11. The Labute approximate surface area is 142 Å². The van der Waals surface area contributed by atoms with Crippen molar-refractivity contribution in [2.45, 2.75) is 65.7 Å². The highest BCUT2D eigenvalue weighted by molar-refractivity contribution is 5.79. The van der Waals surface area contributed by atoms with Crippen LogP contribution in [-0.4, -0.2) is 37.3 Å². The molecule has 4 heteroatoms. The van der Waals surface area contributed by atoms with Crippen LogP contribution in [0, 0.1) is 11.8 Å². The molecule has 1 atom stereocenters. The molecule has 0 saturated heterocycles. The van der Waals surface area contributed by atoms with Crippen LogP contribution in [0.1, 0.15) is 65.7 Å². The smallest absolute Gasteiger partial charge is 0.191 e. The van der Waals surface area contributed by atoms with Crippen molar-refractivity contribution in [1.82, 2.24) is 10.6 Å². The molecule has 0 aromatic heterocycles. The molecule has 0 aliphatic heterocycles. The van der Waals surface area contributed by atoms with Gasteiger partial charge in [0.25, 0.3) is 0 Å². The lowest BCUT2D eigenvalue weighted by atomic mass is 9.94. The second kappa shape index (κ2) is 12.4. The van der Waals surface area contributed by atoms with Gasteiger partial charge in [0, 0.05) is 26.2 Å². The Kier molecular flexibility index (Phi) is 10.8. The number of nitrogens with one attached hydrogen (secondary N) is 2. The van der Waals surface area contributed by atoms with Gasteiger partial charge in [-0.1, -0.05) is 25.5 Å². The van der Waals surface area contributed by atoms with Crippen molar-refractivity contribution in [3.05, 3.63) is 11.6 Å². The first-order valence-electron chi connectivity index (χ1n) is 9.46. The van der Waals surface area contributed by atoms with Gasteiger partial charge in [0.05, 0.1) is 0 Å². The van der Waals surface area contributed by atoms with E-state index < -0.39 is 0 Å². The number of hydrogen-bond donors (Lipinski definition) is 3. The SMILES string of the molecule is CCNC(=NCC(CCO)CC(C)C)NCCC1=CCCCC1. The van der Waals surface area contributed by atoms with Crippen LogP contribution in [0.4, 0.5) is 0 Å². The largest absolute Gasteiger partial charge is 0.396 e. The number of rotatable bonds is 10. The first-order chi connectivity index (χ1) is 11.2. The van der Waals surface area contributed by atoms with Crippen molar-refractivity contribution < 1.29 is 5.11 Å². The van der Waals surface area contributed by atoms with Crippen LogP contribution in [0.5, 0.6) is 0 Å². The summed E-state index contributed by atoms with van der Waals surface area (Å²) in [4.78, 5) is 4.73. The Balaban J connectivity index is 2.42. The van der Waals surface area contributed by atoms with E-state index in [-0.39, 0.29) is 6.61 Å². The van der Waals surface area contributed by atoms with Crippen molar-refractivity contribution in [1.29, 1.82) is 0 Å². The summed E-state index contributed by atoms with van der Waals surface area (Å²) in [7, 11) is 0. The lowest BCUT2D eigenvalue weighted by Crippen LogP contribution is -2.38. The van der Waals surface area contributed by atoms with Crippen LogP contribution < -0.4 is 10.6 Å². The molecular formula is C19H37N3O. The molecule has 4 nitrogen and oxygen atoms in total. The number of hydrogen-bond acceptors (Lipinski definition) is 2. The average Bonchev–Trinajstić information content (AvgIpc) is 2.53. The molecule has 0 aromatic rings. The summed E-state index contributed by atoms with van der Waals surface area (Å²) in [5.74, 6) is 2.03. The Morgan fingerprint density at radius 1 is 1.30 bits per heavy atom. The van der Waals surface area contributed by atoms with Gasteiger partial charge in [-0.3, -0.25) is 4.99 Å². The second-order valence-corrected chi connectivity index (χ2v) is 7.01. The van der Waals surface area contributed by atoms with Crippen molar-refractivity contribution >= 4 is 5.96 Å². The van der Waals surface area contributed by atoms with E-state index >= 15 is 0 Å². The zero-order chi connectivity index (χ0) is 16.9. The molecule has 0 fully saturated rings. The van der Waals surface area contributed by atoms with E-state index in [1.165, 1.54) is 25.7 Å². The third kappa shape index (κ3) is 9.65. The van der Waals surface area contributed by atoms with Crippen molar-refractivity contribution in [2.75, 3.05) is 26.2 Å². The molecule has 0 bridgehead atoms. The number of guanidine groups is 1. The minimum atomic E-state index is 0.255. The van der Waals surface area contributed by atoms with Gasteiger partial charge in [0.2, 0.25) is 0 Å². The van der Waals surface area contributed by atoms with E-state index in [9.17, 15) is 5.11 Å². The summed E-state index contributed by atoms with van der Waals surface area (Å²) in [6.07, 6.45) is 10.7. The van der Waals surface area contributed by atoms with Crippen molar-refractivity contribution in [3.8, 4) is 0 Å². The van der Waals surface area contributed by atoms with Gasteiger partial charge >= 0.3 is 0 Å². The molecule has 0 spiro atoms. The minimum absolute atomic E-state index is 0.255. The zero-order valence-electron chi connectivity index (χ0n) is 15.4. The van der Waals surface area contributed by atoms with Gasteiger partial charge in [-0.2, -0.15) is 0 Å². The van der Waals surface area contributed by atoms with Gasteiger partial charge in [0.1, 0.15) is 0 Å². The third-order valence-electron chi connectivity index (χ3n) is 4.32. The number of aliphatic hydroxyl groups excluding tert-OH is 1. The van der Waals surface area contributed by atoms with Crippen molar-refractivity contribution in [2.24, 2.45) is 16.8 Å².